The van der Waals surface area contributed by atoms with Crippen LogP contribution in [0.5, 0.6) is 0 Å². The monoisotopic (exact) mass is 194 g/mol. The number of carbonyl (C=O) groups is 2. The fourth-order valence-electron chi connectivity index (χ4n) is 1.45. The van der Waals surface area contributed by atoms with Gasteiger partial charge in [0, 0.05) is 13.0 Å². The summed E-state index contributed by atoms with van der Waals surface area (Å²) in [7, 11) is 0. The minimum absolute atomic E-state index is 0.00449. The molecule has 5 heteroatoms. The average Bonchev–Trinajstić information content (AvgIpc) is 2.72. The molecular formula is C9H10N2O3. The topological polar surface area (TPSA) is 63.4 Å². The van der Waals surface area contributed by atoms with E-state index in [1.165, 1.54) is 6.39 Å². The fourth-order valence-corrected chi connectivity index (χ4v) is 1.45. The van der Waals surface area contributed by atoms with Gasteiger partial charge >= 0.3 is 0 Å². The van der Waals surface area contributed by atoms with Gasteiger partial charge in [-0.2, -0.15) is 0 Å². The van der Waals surface area contributed by atoms with Crippen molar-refractivity contribution >= 4 is 11.7 Å². The fraction of sp³-hybridized carbons (Fsp3) is 0.444. The lowest BCUT2D eigenvalue weighted by atomic mass is 10.3. The van der Waals surface area contributed by atoms with Crippen LogP contribution in [0.4, 0.5) is 0 Å². The largest absolute Gasteiger partial charge is 0.451 e. The van der Waals surface area contributed by atoms with E-state index in [1.807, 2.05) is 0 Å². The molecule has 1 aliphatic heterocycles. The van der Waals surface area contributed by atoms with Crippen molar-refractivity contribution in [2.24, 2.45) is 0 Å². The Morgan fingerprint density at radius 2 is 2.36 bits per heavy atom. The maximum absolute atomic E-state index is 11.2. The number of amides is 1. The van der Waals surface area contributed by atoms with Gasteiger partial charge in [0.2, 0.25) is 5.91 Å². The highest BCUT2D eigenvalue weighted by atomic mass is 16.3. The lowest BCUT2D eigenvalue weighted by molar-refractivity contribution is -0.127. The Balaban J connectivity index is 1.87. The standard InChI is InChI=1S/C9H10N2O3/c12-8-3-9(13)11(4-8)2-1-7-5-14-6-10-7/h5-6H,1-4H2. The molecule has 0 atom stereocenters. The second-order valence-corrected chi connectivity index (χ2v) is 3.26. The zero-order chi connectivity index (χ0) is 9.97. The Morgan fingerprint density at radius 3 is 2.93 bits per heavy atom. The van der Waals surface area contributed by atoms with Crippen LogP contribution in [0.3, 0.4) is 0 Å². The molecule has 2 heterocycles. The first-order chi connectivity index (χ1) is 6.75. The van der Waals surface area contributed by atoms with E-state index in [0.717, 1.165) is 5.69 Å². The number of Topliss-reactive ketones (excluding diaryl/α,β-unsaturated/α-hetero) is 1. The van der Waals surface area contributed by atoms with Crippen LogP contribution in [0.2, 0.25) is 0 Å². The lowest BCUT2D eigenvalue weighted by Gasteiger charge is -2.12. The number of nitrogens with zero attached hydrogens (tertiary/aromatic N) is 2. The maximum Gasteiger partial charge on any atom is 0.230 e. The normalized spacial score (nSPS) is 16.7. The predicted molar refractivity (Wildman–Crippen MR) is 46.4 cm³/mol. The minimum Gasteiger partial charge on any atom is -0.451 e. The molecular weight excluding hydrogens is 184 g/mol. The van der Waals surface area contributed by atoms with Gasteiger partial charge in [-0.15, -0.1) is 0 Å². The summed E-state index contributed by atoms with van der Waals surface area (Å²) in [5.74, 6) is -0.0892. The molecule has 1 aromatic heterocycles. The van der Waals surface area contributed by atoms with Crippen molar-refractivity contribution in [3.05, 3.63) is 18.4 Å². The van der Waals surface area contributed by atoms with Crippen LogP contribution in [-0.4, -0.2) is 34.7 Å². The molecule has 1 aromatic rings. The van der Waals surface area contributed by atoms with Crippen molar-refractivity contribution < 1.29 is 14.0 Å². The van der Waals surface area contributed by atoms with E-state index in [-0.39, 0.29) is 24.7 Å². The summed E-state index contributed by atoms with van der Waals surface area (Å²) in [4.78, 5) is 27.6. The number of rotatable bonds is 3. The molecule has 0 unspecified atom stereocenters. The van der Waals surface area contributed by atoms with E-state index in [0.29, 0.717) is 13.0 Å². The van der Waals surface area contributed by atoms with Crippen molar-refractivity contribution in [1.82, 2.24) is 9.88 Å². The summed E-state index contributed by atoms with van der Waals surface area (Å²) < 4.78 is 4.80. The SMILES string of the molecule is O=C1CC(=O)N(CCc2cocn2)C1. The molecule has 0 saturated carbocycles. The third-order valence-electron chi connectivity index (χ3n) is 2.19. The number of carbonyl (C=O) groups excluding carboxylic acids is 2. The van der Waals surface area contributed by atoms with Crippen molar-refractivity contribution in [1.29, 1.82) is 0 Å². The van der Waals surface area contributed by atoms with Gasteiger partial charge in [-0.1, -0.05) is 0 Å². The Labute approximate surface area is 80.7 Å². The van der Waals surface area contributed by atoms with E-state index < -0.39 is 0 Å². The first kappa shape index (κ1) is 8.93. The van der Waals surface area contributed by atoms with Gasteiger partial charge in [-0.25, -0.2) is 4.98 Å². The highest BCUT2D eigenvalue weighted by molar-refractivity contribution is 6.05. The first-order valence-corrected chi connectivity index (χ1v) is 4.42. The molecule has 2 rings (SSSR count). The van der Waals surface area contributed by atoms with E-state index in [1.54, 1.807) is 11.2 Å². The number of oxazole rings is 1. The van der Waals surface area contributed by atoms with Gasteiger partial charge in [-0.3, -0.25) is 9.59 Å². The van der Waals surface area contributed by atoms with Crippen LogP contribution in [0.25, 0.3) is 0 Å². The zero-order valence-corrected chi connectivity index (χ0v) is 7.60. The molecule has 14 heavy (non-hydrogen) atoms. The Kier molecular flexibility index (Phi) is 2.30. The third kappa shape index (κ3) is 1.81. The zero-order valence-electron chi connectivity index (χ0n) is 7.60. The second kappa shape index (κ2) is 3.61. The summed E-state index contributed by atoms with van der Waals surface area (Å²) in [5, 5.41) is 0. The summed E-state index contributed by atoms with van der Waals surface area (Å²) in [6.45, 7) is 0.786. The van der Waals surface area contributed by atoms with Gasteiger partial charge in [0.1, 0.15) is 6.26 Å². The van der Waals surface area contributed by atoms with Gasteiger partial charge in [0.15, 0.2) is 12.2 Å². The lowest BCUT2D eigenvalue weighted by Crippen LogP contribution is -2.27. The molecule has 1 aliphatic rings. The Hall–Kier alpha value is -1.65. The third-order valence-corrected chi connectivity index (χ3v) is 2.19. The molecule has 0 aliphatic carbocycles. The van der Waals surface area contributed by atoms with Crippen molar-refractivity contribution in [2.45, 2.75) is 12.8 Å². The number of hydrogen-bond acceptors (Lipinski definition) is 4. The quantitative estimate of drug-likeness (QED) is 0.636. The van der Waals surface area contributed by atoms with Crippen LogP contribution in [0, 0.1) is 0 Å². The highest BCUT2D eigenvalue weighted by Crippen LogP contribution is 2.07. The molecule has 74 valence electrons. The van der Waals surface area contributed by atoms with Crippen molar-refractivity contribution in [2.75, 3.05) is 13.1 Å². The Morgan fingerprint density at radius 1 is 1.50 bits per heavy atom. The molecule has 0 bridgehead atoms. The number of ketones is 1. The first-order valence-electron chi connectivity index (χ1n) is 4.42. The second-order valence-electron chi connectivity index (χ2n) is 3.26. The van der Waals surface area contributed by atoms with Crippen LogP contribution in [0.1, 0.15) is 12.1 Å². The average molecular weight is 194 g/mol. The number of aromatic nitrogens is 1. The number of likely N-dealkylation sites (tertiary alicyclic amines) is 1. The van der Waals surface area contributed by atoms with Crippen LogP contribution >= 0.6 is 0 Å². The van der Waals surface area contributed by atoms with Gasteiger partial charge < -0.3 is 9.32 Å². The van der Waals surface area contributed by atoms with Gasteiger partial charge in [-0.05, 0) is 0 Å². The van der Waals surface area contributed by atoms with Gasteiger partial charge in [0.05, 0.1) is 18.7 Å². The van der Waals surface area contributed by atoms with E-state index in [2.05, 4.69) is 4.98 Å². The highest BCUT2D eigenvalue weighted by Gasteiger charge is 2.26. The van der Waals surface area contributed by atoms with E-state index in [9.17, 15) is 9.59 Å². The molecule has 1 amide bonds. The molecule has 0 N–H and O–H groups in total. The number of hydrogen-bond donors (Lipinski definition) is 0. The Bertz CT molecular complexity index is 345. The molecule has 1 saturated heterocycles. The molecule has 0 spiro atoms. The predicted octanol–water partition coefficient (Wildman–Crippen LogP) is 0.0185. The molecule has 0 aromatic carbocycles. The summed E-state index contributed by atoms with van der Waals surface area (Å²) >= 11 is 0. The van der Waals surface area contributed by atoms with Gasteiger partial charge in [0.25, 0.3) is 0 Å². The van der Waals surface area contributed by atoms with Crippen LogP contribution in [0.15, 0.2) is 17.1 Å². The maximum atomic E-state index is 11.2. The van der Waals surface area contributed by atoms with Crippen LogP contribution < -0.4 is 0 Å². The molecule has 1 fully saturated rings. The molecule has 0 radical (unpaired) electrons. The van der Waals surface area contributed by atoms with Crippen LogP contribution in [-0.2, 0) is 16.0 Å². The van der Waals surface area contributed by atoms with E-state index in [4.69, 9.17) is 4.42 Å². The summed E-state index contributed by atoms with van der Waals surface area (Å²) in [5.41, 5.74) is 0.803. The summed E-state index contributed by atoms with van der Waals surface area (Å²) in [6.07, 6.45) is 3.59. The van der Waals surface area contributed by atoms with Crippen molar-refractivity contribution in [3.63, 3.8) is 0 Å². The smallest absolute Gasteiger partial charge is 0.230 e. The minimum atomic E-state index is -0.0847. The summed E-state index contributed by atoms with van der Waals surface area (Å²) in [6, 6.07) is 0. The van der Waals surface area contributed by atoms with Crippen molar-refractivity contribution in [3.8, 4) is 0 Å². The van der Waals surface area contributed by atoms with E-state index >= 15 is 0 Å². The molecule has 5 nitrogen and oxygen atoms in total.